The van der Waals surface area contributed by atoms with Gasteiger partial charge < -0.3 is 10.6 Å². The average Bonchev–Trinajstić information content (AvgIpc) is 3.64. The van der Waals surface area contributed by atoms with Gasteiger partial charge in [0.05, 0.1) is 22.6 Å². The number of carbonyl (C=O) groups excluding carboxylic acids is 4. The van der Waals surface area contributed by atoms with Crippen molar-refractivity contribution >= 4 is 46.0 Å². The van der Waals surface area contributed by atoms with E-state index >= 15 is 0 Å². The molecule has 13 heteroatoms. The van der Waals surface area contributed by atoms with Crippen molar-refractivity contribution in [2.45, 2.75) is 31.2 Å². The summed E-state index contributed by atoms with van der Waals surface area (Å²) in [6.07, 6.45) is 4.01. The number of fused-ring (bicyclic) bond motifs is 2. The lowest BCUT2D eigenvalue weighted by Crippen LogP contribution is -2.56. The molecule has 48 heavy (non-hydrogen) atoms. The first kappa shape index (κ1) is 30.2. The van der Waals surface area contributed by atoms with Crippen LogP contribution in [0.3, 0.4) is 0 Å². The summed E-state index contributed by atoms with van der Waals surface area (Å²) >= 11 is 0. The molecule has 0 bridgehead atoms. The van der Waals surface area contributed by atoms with Crippen LogP contribution in [0.25, 0.3) is 22.2 Å². The van der Waals surface area contributed by atoms with Gasteiger partial charge in [0.1, 0.15) is 11.5 Å². The van der Waals surface area contributed by atoms with E-state index in [1.807, 2.05) is 30.5 Å². The van der Waals surface area contributed by atoms with E-state index in [1.54, 1.807) is 18.2 Å². The summed E-state index contributed by atoms with van der Waals surface area (Å²) in [6, 6.07) is 14.5. The molecular formula is C35H37N9O4. The molecule has 3 saturated heterocycles. The first-order valence-corrected chi connectivity index (χ1v) is 16.6. The molecule has 4 amide bonds. The number of imide groups is 2. The number of piperazine rings is 1. The molecule has 4 aliphatic rings. The first-order chi connectivity index (χ1) is 23.3. The maximum absolute atomic E-state index is 13.2. The van der Waals surface area contributed by atoms with Gasteiger partial charge in [-0.15, -0.1) is 0 Å². The van der Waals surface area contributed by atoms with Crippen molar-refractivity contribution in [3.05, 3.63) is 71.4 Å². The number of hydrogen-bond acceptors (Lipinski definition) is 10. The van der Waals surface area contributed by atoms with Crippen LogP contribution in [0.15, 0.2) is 54.7 Å². The Morgan fingerprint density at radius 3 is 2.44 bits per heavy atom. The Morgan fingerprint density at radius 1 is 0.833 bits per heavy atom. The molecule has 0 spiro atoms. The van der Waals surface area contributed by atoms with E-state index in [0.717, 1.165) is 86.6 Å². The van der Waals surface area contributed by atoms with Crippen molar-refractivity contribution in [1.82, 2.24) is 35.6 Å². The lowest BCUT2D eigenvalue weighted by molar-refractivity contribution is -0.137. The second-order valence-electron chi connectivity index (χ2n) is 13.3. The lowest BCUT2D eigenvalue weighted by Gasteiger charge is -2.43. The molecule has 0 saturated carbocycles. The topological polar surface area (TPSA) is 170 Å². The molecule has 8 rings (SSSR count). The molecule has 4 aliphatic heterocycles. The molecule has 0 aliphatic carbocycles. The van der Waals surface area contributed by atoms with Crippen molar-refractivity contribution < 1.29 is 19.2 Å². The summed E-state index contributed by atoms with van der Waals surface area (Å²) in [7, 11) is 0. The van der Waals surface area contributed by atoms with Crippen molar-refractivity contribution in [2.24, 2.45) is 5.92 Å². The highest BCUT2D eigenvalue weighted by molar-refractivity contribution is 6.21. The normalized spacial score (nSPS) is 22.6. The molecule has 3 fully saturated rings. The fourth-order valence-corrected chi connectivity index (χ4v) is 7.82. The van der Waals surface area contributed by atoms with Gasteiger partial charge in [0.15, 0.2) is 0 Å². The molecule has 0 radical (unpaired) electrons. The van der Waals surface area contributed by atoms with Gasteiger partial charge in [-0.1, -0.05) is 6.07 Å². The summed E-state index contributed by atoms with van der Waals surface area (Å²) in [5.41, 5.74) is 10.8. The quantitative estimate of drug-likeness (QED) is 0.180. The number of nitrogens with two attached hydrogens (primary N) is 1. The fraction of sp³-hybridized carbons (Fsp3) is 0.371. The van der Waals surface area contributed by atoms with Crippen LogP contribution in [-0.2, 0) is 9.59 Å². The van der Waals surface area contributed by atoms with E-state index in [9.17, 15) is 19.2 Å². The number of hydrogen-bond donors (Lipinski definition) is 4. The smallest absolute Gasteiger partial charge is 0.258 e. The second kappa shape index (κ2) is 12.1. The summed E-state index contributed by atoms with van der Waals surface area (Å²) in [6.45, 7) is 6.26. The maximum Gasteiger partial charge on any atom is 0.258 e. The number of likely N-dealkylation sites (tertiary alicyclic amines) is 1. The lowest BCUT2D eigenvalue weighted by atomic mass is 9.82. The Balaban J connectivity index is 0.878. The van der Waals surface area contributed by atoms with Gasteiger partial charge >= 0.3 is 0 Å². The molecule has 2 unspecified atom stereocenters. The van der Waals surface area contributed by atoms with Crippen LogP contribution in [0.1, 0.15) is 51.5 Å². The Kier molecular flexibility index (Phi) is 7.64. The van der Waals surface area contributed by atoms with Gasteiger partial charge in [0, 0.05) is 68.0 Å². The molecule has 5 N–H and O–H groups in total. The van der Waals surface area contributed by atoms with Crippen molar-refractivity contribution in [1.29, 1.82) is 0 Å². The number of nitrogen functional groups attached to an aromatic ring is 1. The van der Waals surface area contributed by atoms with Crippen LogP contribution >= 0.6 is 0 Å². The number of H-pyrrole nitrogens is 1. The number of benzene rings is 2. The summed E-state index contributed by atoms with van der Waals surface area (Å²) in [5.74, 6) is -0.659. The highest BCUT2D eigenvalue weighted by Crippen LogP contribution is 2.34. The SMILES string of the molecule is Nc1ccc2[nH]nc(-c3ccnc(N4CCN(CC5CCN(C6CC(=O)NC(=O)C6c6ccc7c(c6)C(=O)NC7=O)CC5)CC4)c3)c2c1. The number of nitrogens with one attached hydrogen (secondary N) is 3. The number of rotatable bonds is 6. The van der Waals surface area contributed by atoms with Crippen LogP contribution in [0, 0.1) is 5.92 Å². The summed E-state index contributed by atoms with van der Waals surface area (Å²) in [5, 5.41) is 13.4. The standard InChI is InChI=1S/C35H37N9O4/c36-23-2-4-27-26(17-23)32(41-40-27)22-5-8-37-29(16-22)44-13-11-42(12-14-44)19-20-6-9-43(10-7-20)28-18-30(45)38-35(48)31(28)21-1-3-24-25(15-21)34(47)39-33(24)46/h1-5,8,15-17,20,28,31H,6-7,9-14,18-19,36H2,(H,40,41)(H,38,45,48)(H,39,46,47). The first-order valence-electron chi connectivity index (χ1n) is 16.6. The zero-order valence-corrected chi connectivity index (χ0v) is 26.4. The minimum atomic E-state index is -0.599. The van der Waals surface area contributed by atoms with E-state index in [4.69, 9.17) is 5.73 Å². The second-order valence-corrected chi connectivity index (χ2v) is 13.3. The van der Waals surface area contributed by atoms with Crippen LogP contribution < -0.4 is 21.3 Å². The van der Waals surface area contributed by atoms with Crippen LogP contribution in [-0.4, -0.2) is 100 Å². The van der Waals surface area contributed by atoms with E-state index < -0.39 is 17.7 Å². The Morgan fingerprint density at radius 2 is 1.62 bits per heavy atom. The summed E-state index contributed by atoms with van der Waals surface area (Å²) in [4.78, 5) is 61.8. The summed E-state index contributed by atoms with van der Waals surface area (Å²) < 4.78 is 0. The number of nitrogens with zero attached hydrogens (tertiary/aromatic N) is 5. The van der Waals surface area contributed by atoms with Gasteiger partial charge in [-0.25, -0.2) is 4.98 Å². The van der Waals surface area contributed by atoms with E-state index in [0.29, 0.717) is 22.7 Å². The van der Waals surface area contributed by atoms with Gasteiger partial charge in [0.25, 0.3) is 11.8 Å². The van der Waals surface area contributed by atoms with Gasteiger partial charge in [-0.3, -0.25) is 44.7 Å². The molecule has 2 atom stereocenters. The molecule has 246 valence electrons. The average molecular weight is 648 g/mol. The van der Waals surface area contributed by atoms with Crippen molar-refractivity contribution in [3.63, 3.8) is 0 Å². The highest BCUT2D eigenvalue weighted by Gasteiger charge is 2.42. The predicted molar refractivity (Wildman–Crippen MR) is 179 cm³/mol. The Bertz CT molecular complexity index is 1940. The van der Waals surface area contributed by atoms with Crippen molar-refractivity contribution in [2.75, 3.05) is 56.4 Å². The zero-order valence-electron chi connectivity index (χ0n) is 26.4. The minimum Gasteiger partial charge on any atom is -0.399 e. The number of aromatic amines is 1. The molecule has 4 aromatic rings. The molecule has 6 heterocycles. The van der Waals surface area contributed by atoms with E-state index in [2.05, 4.69) is 46.6 Å². The number of piperidine rings is 2. The molecule has 2 aromatic heterocycles. The third kappa shape index (κ3) is 5.58. The fourth-order valence-electron chi connectivity index (χ4n) is 7.82. The van der Waals surface area contributed by atoms with Gasteiger partial charge in [-0.2, -0.15) is 5.10 Å². The van der Waals surface area contributed by atoms with Gasteiger partial charge in [-0.05, 0) is 79.9 Å². The largest absolute Gasteiger partial charge is 0.399 e. The third-order valence-corrected chi connectivity index (χ3v) is 10.4. The van der Waals surface area contributed by atoms with Crippen LogP contribution in [0.4, 0.5) is 11.5 Å². The van der Waals surface area contributed by atoms with Gasteiger partial charge in [0.2, 0.25) is 11.8 Å². The molecular weight excluding hydrogens is 610 g/mol. The number of anilines is 2. The van der Waals surface area contributed by atoms with E-state index in [-0.39, 0.29) is 29.8 Å². The molecule has 13 nitrogen and oxygen atoms in total. The number of aromatic nitrogens is 3. The number of pyridine rings is 1. The Labute approximate surface area is 276 Å². The minimum absolute atomic E-state index is 0.213. The number of carbonyl (C=O) groups is 4. The van der Waals surface area contributed by atoms with Crippen LogP contribution in [0.2, 0.25) is 0 Å². The van der Waals surface area contributed by atoms with Crippen LogP contribution in [0.5, 0.6) is 0 Å². The molecule has 2 aromatic carbocycles. The monoisotopic (exact) mass is 647 g/mol. The van der Waals surface area contributed by atoms with Crippen molar-refractivity contribution in [3.8, 4) is 11.3 Å². The number of amides is 4. The van der Waals surface area contributed by atoms with E-state index in [1.165, 1.54) is 0 Å². The Hall–Kier alpha value is -5.14. The highest BCUT2D eigenvalue weighted by atomic mass is 16.2. The predicted octanol–water partition coefficient (Wildman–Crippen LogP) is 2.12. The zero-order chi connectivity index (χ0) is 32.9. The third-order valence-electron chi connectivity index (χ3n) is 10.4. The maximum atomic E-state index is 13.2.